The number of aromatic nitrogens is 3. The summed E-state index contributed by atoms with van der Waals surface area (Å²) in [6.07, 6.45) is 2.02. The summed E-state index contributed by atoms with van der Waals surface area (Å²) in [6.45, 7) is 2.45. The summed E-state index contributed by atoms with van der Waals surface area (Å²) in [5.41, 5.74) is 2.29. The molecule has 1 fully saturated rings. The van der Waals surface area contributed by atoms with Crippen molar-refractivity contribution in [3.63, 3.8) is 0 Å². The molecule has 0 saturated heterocycles. The molecule has 8 heteroatoms. The van der Waals surface area contributed by atoms with Gasteiger partial charge >= 0.3 is 0 Å². The number of nitrogens with zero attached hydrogens (tertiary/aromatic N) is 3. The highest BCUT2D eigenvalue weighted by molar-refractivity contribution is 7.13. The fourth-order valence-corrected chi connectivity index (χ4v) is 3.50. The molecule has 1 aromatic carbocycles. The summed E-state index contributed by atoms with van der Waals surface area (Å²) in [5.74, 6) is -0.322. The molecule has 0 bridgehead atoms. The number of carbonyl (C=O) groups excluding carboxylic acids is 2. The van der Waals surface area contributed by atoms with Gasteiger partial charge in [-0.05, 0) is 55.5 Å². The Kier molecular flexibility index (Phi) is 4.72. The average molecular weight is 381 g/mol. The molecule has 2 aromatic heterocycles. The van der Waals surface area contributed by atoms with Gasteiger partial charge in [-0.2, -0.15) is 0 Å². The van der Waals surface area contributed by atoms with Gasteiger partial charge in [0, 0.05) is 18.2 Å². The molecule has 0 atom stereocenters. The van der Waals surface area contributed by atoms with E-state index in [1.54, 1.807) is 28.9 Å². The van der Waals surface area contributed by atoms with Gasteiger partial charge in [-0.1, -0.05) is 11.3 Å². The topological polar surface area (TPSA) is 88.9 Å². The quantitative estimate of drug-likeness (QED) is 0.687. The first-order chi connectivity index (χ1) is 13.2. The minimum absolute atomic E-state index is 0.120. The number of rotatable bonds is 6. The monoisotopic (exact) mass is 381 g/mol. The maximum absolute atomic E-state index is 12.6. The first-order valence-corrected chi connectivity index (χ1v) is 9.74. The normalized spacial score (nSPS) is 13.4. The summed E-state index contributed by atoms with van der Waals surface area (Å²) in [7, 11) is 0. The number of thiophene rings is 1. The van der Waals surface area contributed by atoms with Gasteiger partial charge in [-0.15, -0.1) is 16.4 Å². The van der Waals surface area contributed by atoms with Crippen LogP contribution in [0.4, 0.5) is 0 Å². The summed E-state index contributed by atoms with van der Waals surface area (Å²) in [4.78, 5) is 25.5. The van der Waals surface area contributed by atoms with E-state index < -0.39 is 0 Å². The van der Waals surface area contributed by atoms with Crippen LogP contribution in [0, 0.1) is 0 Å². The van der Waals surface area contributed by atoms with Crippen molar-refractivity contribution in [2.24, 2.45) is 0 Å². The van der Waals surface area contributed by atoms with Crippen molar-refractivity contribution in [1.82, 2.24) is 25.6 Å². The molecule has 0 aliphatic heterocycles. The van der Waals surface area contributed by atoms with Crippen LogP contribution in [-0.4, -0.2) is 39.4 Å². The molecule has 2 N–H and O–H groups in total. The second kappa shape index (κ2) is 7.32. The van der Waals surface area contributed by atoms with Crippen molar-refractivity contribution < 1.29 is 9.59 Å². The number of hydrogen-bond donors (Lipinski definition) is 2. The number of carbonyl (C=O) groups is 2. The zero-order valence-electron chi connectivity index (χ0n) is 14.8. The molecule has 1 aliphatic rings. The van der Waals surface area contributed by atoms with Gasteiger partial charge in [0.2, 0.25) is 0 Å². The van der Waals surface area contributed by atoms with Gasteiger partial charge in [-0.3, -0.25) is 9.59 Å². The van der Waals surface area contributed by atoms with Crippen molar-refractivity contribution in [2.45, 2.75) is 25.8 Å². The van der Waals surface area contributed by atoms with Crippen LogP contribution in [0.2, 0.25) is 0 Å². The molecule has 0 unspecified atom stereocenters. The van der Waals surface area contributed by atoms with Crippen molar-refractivity contribution >= 4 is 23.2 Å². The Labute approximate surface area is 160 Å². The van der Waals surface area contributed by atoms with Crippen LogP contribution in [0.1, 0.15) is 40.6 Å². The smallest absolute Gasteiger partial charge is 0.274 e. The standard InChI is InChI=1S/C19H19N5O2S/c1-2-20-18(25)12-5-9-14(10-6-12)24-17(15-4-3-11-27-15)16(22-23-24)19(26)21-13-7-8-13/h3-6,9-11,13H,2,7-8H2,1H3,(H,20,25)(H,21,26). The zero-order chi connectivity index (χ0) is 18.8. The SMILES string of the molecule is CCNC(=O)c1ccc(-n2nnc(C(=O)NC3CC3)c2-c2cccs2)cc1. The fourth-order valence-electron chi connectivity index (χ4n) is 2.75. The van der Waals surface area contributed by atoms with E-state index in [1.165, 1.54) is 11.3 Å². The first kappa shape index (κ1) is 17.4. The molecular formula is C19H19N5O2S. The number of amides is 2. The molecule has 138 valence electrons. The van der Waals surface area contributed by atoms with Gasteiger partial charge in [-0.25, -0.2) is 4.68 Å². The van der Waals surface area contributed by atoms with E-state index in [0.717, 1.165) is 23.4 Å². The van der Waals surface area contributed by atoms with E-state index in [-0.39, 0.29) is 17.9 Å². The molecule has 1 aliphatic carbocycles. The van der Waals surface area contributed by atoms with Crippen LogP contribution in [0.5, 0.6) is 0 Å². The van der Waals surface area contributed by atoms with Gasteiger partial charge in [0.05, 0.1) is 10.6 Å². The highest BCUT2D eigenvalue weighted by atomic mass is 32.1. The lowest BCUT2D eigenvalue weighted by molar-refractivity contribution is 0.0942. The number of nitrogens with one attached hydrogen (secondary N) is 2. The third kappa shape index (κ3) is 3.61. The second-order valence-corrected chi connectivity index (χ2v) is 7.28. The molecule has 27 heavy (non-hydrogen) atoms. The van der Waals surface area contributed by atoms with Crippen molar-refractivity contribution in [2.75, 3.05) is 6.54 Å². The predicted molar refractivity (Wildman–Crippen MR) is 103 cm³/mol. The Bertz CT molecular complexity index is 959. The molecule has 0 radical (unpaired) electrons. The van der Waals surface area contributed by atoms with Crippen LogP contribution in [0.15, 0.2) is 41.8 Å². The molecule has 1 saturated carbocycles. The first-order valence-electron chi connectivity index (χ1n) is 8.86. The molecule has 3 aromatic rings. The zero-order valence-corrected chi connectivity index (χ0v) is 15.6. The van der Waals surface area contributed by atoms with E-state index >= 15 is 0 Å². The summed E-state index contributed by atoms with van der Waals surface area (Å²) < 4.78 is 1.65. The van der Waals surface area contributed by atoms with Crippen LogP contribution in [0.25, 0.3) is 16.3 Å². The van der Waals surface area contributed by atoms with Crippen molar-refractivity contribution in [3.05, 3.63) is 53.0 Å². The Hall–Kier alpha value is -3.00. The molecular weight excluding hydrogens is 362 g/mol. The van der Waals surface area contributed by atoms with Crippen LogP contribution < -0.4 is 10.6 Å². The fraction of sp³-hybridized carbons (Fsp3) is 0.263. The Morgan fingerprint density at radius 1 is 1.19 bits per heavy atom. The lowest BCUT2D eigenvalue weighted by atomic mass is 10.2. The van der Waals surface area contributed by atoms with Crippen molar-refractivity contribution in [3.8, 4) is 16.3 Å². The minimum atomic E-state index is -0.203. The maximum atomic E-state index is 12.6. The largest absolute Gasteiger partial charge is 0.352 e. The Morgan fingerprint density at radius 2 is 1.96 bits per heavy atom. The molecule has 2 heterocycles. The van der Waals surface area contributed by atoms with Gasteiger partial charge in [0.15, 0.2) is 5.69 Å². The predicted octanol–water partition coefficient (Wildman–Crippen LogP) is 2.64. The van der Waals surface area contributed by atoms with E-state index in [0.29, 0.717) is 23.5 Å². The molecule has 0 spiro atoms. The highest BCUT2D eigenvalue weighted by Gasteiger charge is 2.28. The van der Waals surface area contributed by atoms with E-state index in [9.17, 15) is 9.59 Å². The molecule has 2 amide bonds. The highest BCUT2D eigenvalue weighted by Crippen LogP contribution is 2.30. The van der Waals surface area contributed by atoms with Crippen LogP contribution in [0.3, 0.4) is 0 Å². The van der Waals surface area contributed by atoms with Crippen molar-refractivity contribution in [1.29, 1.82) is 0 Å². The van der Waals surface area contributed by atoms with Gasteiger partial charge in [0.25, 0.3) is 11.8 Å². The summed E-state index contributed by atoms with van der Waals surface area (Å²) in [5, 5.41) is 16.1. The number of hydrogen-bond acceptors (Lipinski definition) is 5. The van der Waals surface area contributed by atoms with E-state index in [4.69, 9.17) is 0 Å². The summed E-state index contributed by atoms with van der Waals surface area (Å²) >= 11 is 1.53. The lowest BCUT2D eigenvalue weighted by Gasteiger charge is -2.08. The maximum Gasteiger partial charge on any atom is 0.274 e. The lowest BCUT2D eigenvalue weighted by Crippen LogP contribution is -2.26. The third-order valence-electron chi connectivity index (χ3n) is 4.26. The van der Waals surface area contributed by atoms with Gasteiger partial charge in [0.1, 0.15) is 5.69 Å². The average Bonchev–Trinajstić information content (AvgIpc) is 3.16. The number of benzene rings is 1. The Balaban J connectivity index is 1.71. The second-order valence-electron chi connectivity index (χ2n) is 6.33. The van der Waals surface area contributed by atoms with Crippen LogP contribution in [-0.2, 0) is 0 Å². The van der Waals surface area contributed by atoms with E-state index in [1.807, 2.05) is 24.4 Å². The summed E-state index contributed by atoms with van der Waals surface area (Å²) in [6, 6.07) is 11.2. The van der Waals surface area contributed by atoms with Gasteiger partial charge < -0.3 is 10.6 Å². The minimum Gasteiger partial charge on any atom is -0.352 e. The van der Waals surface area contributed by atoms with E-state index in [2.05, 4.69) is 20.9 Å². The molecule has 7 nitrogen and oxygen atoms in total. The molecule has 4 rings (SSSR count). The van der Waals surface area contributed by atoms with Crippen LogP contribution >= 0.6 is 11.3 Å². The Morgan fingerprint density at radius 3 is 2.59 bits per heavy atom. The third-order valence-corrected chi connectivity index (χ3v) is 5.14.